The van der Waals surface area contributed by atoms with Crippen LogP contribution in [0.1, 0.15) is 0 Å². The van der Waals surface area contributed by atoms with E-state index in [1.165, 1.54) is 12.3 Å². The summed E-state index contributed by atoms with van der Waals surface area (Å²) in [4.78, 5) is 14.1. The second-order valence-corrected chi connectivity index (χ2v) is 6.35. The normalized spacial score (nSPS) is 11.9. The molecule has 0 fully saturated rings. The Labute approximate surface area is 100 Å². The van der Waals surface area contributed by atoms with Crippen LogP contribution in [0.25, 0.3) is 10.8 Å². The van der Waals surface area contributed by atoms with Crippen molar-refractivity contribution in [3.8, 4) is 0 Å². The first kappa shape index (κ1) is 11.3. The molecule has 0 aliphatic rings. The van der Waals surface area contributed by atoms with Crippen LogP contribution in [0.3, 0.4) is 0 Å². The van der Waals surface area contributed by atoms with Crippen molar-refractivity contribution in [3.63, 3.8) is 0 Å². The molecule has 2 rings (SSSR count). The summed E-state index contributed by atoms with van der Waals surface area (Å²) in [6, 6.07) is 4.81. The van der Waals surface area contributed by atoms with E-state index in [0.717, 1.165) is 6.26 Å². The van der Waals surface area contributed by atoms with E-state index in [1.807, 2.05) is 0 Å². The maximum Gasteiger partial charge on any atom is 0.257 e. The van der Waals surface area contributed by atoms with Gasteiger partial charge in [0.15, 0.2) is 9.84 Å². The average Bonchev–Trinajstić information content (AvgIpc) is 2.15. The zero-order valence-electron chi connectivity index (χ0n) is 8.32. The molecule has 16 heavy (non-hydrogen) atoms. The largest absolute Gasteiger partial charge is 0.329 e. The lowest BCUT2D eigenvalue weighted by Crippen LogP contribution is -2.10. The Morgan fingerprint density at radius 1 is 1.31 bits per heavy atom. The second kappa shape index (κ2) is 3.71. The zero-order valence-corrected chi connectivity index (χ0v) is 10.7. The number of rotatable bonds is 1. The van der Waals surface area contributed by atoms with Crippen molar-refractivity contribution >= 4 is 36.5 Å². The molecule has 0 amide bonds. The van der Waals surface area contributed by atoms with Crippen LogP contribution in [0.2, 0.25) is 0 Å². The number of nitrogens with one attached hydrogen (secondary N) is 1. The first-order valence-corrected chi connectivity index (χ1v) is 7.09. The Hall–Kier alpha value is -1.14. The van der Waals surface area contributed by atoms with Crippen LogP contribution < -0.4 is 5.56 Å². The number of hydrogen-bond acceptors (Lipinski definition) is 3. The van der Waals surface area contributed by atoms with Gasteiger partial charge in [-0.15, -0.1) is 0 Å². The van der Waals surface area contributed by atoms with Crippen LogP contribution in [0.4, 0.5) is 0 Å². The minimum atomic E-state index is -3.42. The Kier molecular flexibility index (Phi) is 2.63. The standard InChI is InChI=1S/C10H8BrNO3S/c1-16(14,15)8-5-7(11)4-6-2-3-12-10(13)9(6)8/h2-5H,1H3,(H,12,13). The molecule has 1 heterocycles. The van der Waals surface area contributed by atoms with Gasteiger partial charge in [0.1, 0.15) is 0 Å². The van der Waals surface area contributed by atoms with E-state index in [4.69, 9.17) is 0 Å². The summed E-state index contributed by atoms with van der Waals surface area (Å²) in [6.07, 6.45) is 2.57. The molecule has 0 saturated heterocycles. The molecule has 1 aromatic heterocycles. The van der Waals surface area contributed by atoms with Crippen molar-refractivity contribution < 1.29 is 8.42 Å². The second-order valence-electron chi connectivity index (χ2n) is 3.45. The van der Waals surface area contributed by atoms with Crippen molar-refractivity contribution in [1.82, 2.24) is 4.98 Å². The quantitative estimate of drug-likeness (QED) is 0.872. The van der Waals surface area contributed by atoms with Crippen LogP contribution >= 0.6 is 15.9 Å². The highest BCUT2D eigenvalue weighted by Gasteiger charge is 2.15. The van der Waals surface area contributed by atoms with Crippen molar-refractivity contribution in [3.05, 3.63) is 39.2 Å². The molecule has 1 aromatic carbocycles. The van der Waals surface area contributed by atoms with Crippen LogP contribution in [0.5, 0.6) is 0 Å². The topological polar surface area (TPSA) is 67.0 Å². The fraction of sp³-hybridized carbons (Fsp3) is 0.100. The maximum atomic E-state index is 11.6. The van der Waals surface area contributed by atoms with Gasteiger partial charge in [0, 0.05) is 16.9 Å². The highest BCUT2D eigenvalue weighted by molar-refractivity contribution is 9.10. The Morgan fingerprint density at radius 3 is 2.62 bits per heavy atom. The van der Waals surface area contributed by atoms with Crippen LogP contribution in [-0.4, -0.2) is 19.7 Å². The van der Waals surface area contributed by atoms with Gasteiger partial charge in [0.05, 0.1) is 10.3 Å². The van der Waals surface area contributed by atoms with Crippen LogP contribution in [0, 0.1) is 0 Å². The summed E-state index contributed by atoms with van der Waals surface area (Å²) < 4.78 is 23.8. The molecule has 0 spiro atoms. The highest BCUT2D eigenvalue weighted by Crippen LogP contribution is 2.24. The number of benzene rings is 1. The van der Waals surface area contributed by atoms with E-state index in [0.29, 0.717) is 9.86 Å². The van der Waals surface area contributed by atoms with Gasteiger partial charge >= 0.3 is 0 Å². The fourth-order valence-electron chi connectivity index (χ4n) is 1.55. The van der Waals surface area contributed by atoms with Crippen molar-refractivity contribution in [2.45, 2.75) is 4.90 Å². The number of hydrogen-bond donors (Lipinski definition) is 1. The fourth-order valence-corrected chi connectivity index (χ4v) is 3.10. The van der Waals surface area contributed by atoms with Crippen LogP contribution in [0.15, 0.2) is 38.6 Å². The Balaban J connectivity index is 3.09. The van der Waals surface area contributed by atoms with E-state index in [2.05, 4.69) is 20.9 Å². The monoisotopic (exact) mass is 301 g/mol. The SMILES string of the molecule is CS(=O)(=O)c1cc(Br)cc2cc[nH]c(=O)c12. The van der Waals surface area contributed by atoms with Gasteiger partial charge in [-0.25, -0.2) is 8.42 Å². The predicted octanol–water partition coefficient (Wildman–Crippen LogP) is 1.69. The minimum Gasteiger partial charge on any atom is -0.329 e. The van der Waals surface area contributed by atoms with Gasteiger partial charge in [0.25, 0.3) is 5.56 Å². The molecule has 2 aromatic rings. The van der Waals surface area contributed by atoms with E-state index < -0.39 is 15.4 Å². The molecule has 0 aliphatic heterocycles. The predicted molar refractivity (Wildman–Crippen MR) is 65.4 cm³/mol. The van der Waals surface area contributed by atoms with Crippen molar-refractivity contribution in [1.29, 1.82) is 0 Å². The summed E-state index contributed by atoms with van der Waals surface area (Å²) in [7, 11) is -3.42. The summed E-state index contributed by atoms with van der Waals surface area (Å²) in [5.74, 6) is 0. The summed E-state index contributed by atoms with van der Waals surface area (Å²) in [5.41, 5.74) is -0.398. The molecule has 0 bridgehead atoms. The van der Waals surface area contributed by atoms with Gasteiger partial charge in [-0.2, -0.15) is 0 Å². The highest BCUT2D eigenvalue weighted by atomic mass is 79.9. The molecule has 6 heteroatoms. The lowest BCUT2D eigenvalue weighted by atomic mass is 10.2. The number of pyridine rings is 1. The van der Waals surface area contributed by atoms with Crippen molar-refractivity contribution in [2.75, 3.05) is 6.26 Å². The number of H-pyrrole nitrogens is 1. The van der Waals surface area contributed by atoms with Gasteiger partial charge in [-0.3, -0.25) is 4.79 Å². The molecule has 0 radical (unpaired) electrons. The van der Waals surface area contributed by atoms with E-state index in [9.17, 15) is 13.2 Å². The van der Waals surface area contributed by atoms with Crippen LogP contribution in [-0.2, 0) is 9.84 Å². The van der Waals surface area contributed by atoms with E-state index >= 15 is 0 Å². The molecule has 4 nitrogen and oxygen atoms in total. The Morgan fingerprint density at radius 2 is 2.00 bits per heavy atom. The molecular formula is C10H8BrNO3S. The Bertz CT molecular complexity index is 718. The molecule has 0 unspecified atom stereocenters. The first-order valence-electron chi connectivity index (χ1n) is 4.40. The smallest absolute Gasteiger partial charge is 0.257 e. The first-order chi connectivity index (χ1) is 7.39. The third-order valence-corrected chi connectivity index (χ3v) is 3.78. The third kappa shape index (κ3) is 1.90. The van der Waals surface area contributed by atoms with Gasteiger partial charge in [-0.1, -0.05) is 15.9 Å². The molecule has 1 N–H and O–H groups in total. The summed E-state index contributed by atoms with van der Waals surface area (Å²) >= 11 is 3.22. The number of aromatic amines is 1. The molecule has 0 saturated carbocycles. The molecule has 84 valence electrons. The van der Waals surface area contributed by atoms with E-state index in [-0.39, 0.29) is 10.3 Å². The number of halogens is 1. The maximum absolute atomic E-state index is 11.6. The lowest BCUT2D eigenvalue weighted by Gasteiger charge is -2.04. The van der Waals surface area contributed by atoms with E-state index in [1.54, 1.807) is 12.1 Å². The zero-order chi connectivity index (χ0) is 11.9. The summed E-state index contributed by atoms with van der Waals surface area (Å²) in [5, 5.41) is 0.798. The average molecular weight is 302 g/mol. The van der Waals surface area contributed by atoms with Gasteiger partial charge in [0.2, 0.25) is 0 Å². The van der Waals surface area contributed by atoms with Crippen molar-refractivity contribution in [2.24, 2.45) is 0 Å². The van der Waals surface area contributed by atoms with Gasteiger partial charge < -0.3 is 4.98 Å². The lowest BCUT2D eigenvalue weighted by molar-refractivity contribution is 0.602. The third-order valence-electron chi connectivity index (χ3n) is 2.20. The molecular weight excluding hydrogens is 294 g/mol. The summed E-state index contributed by atoms with van der Waals surface area (Å²) in [6.45, 7) is 0. The molecule has 0 atom stereocenters. The number of sulfone groups is 1. The molecule has 0 aliphatic carbocycles. The number of fused-ring (bicyclic) bond motifs is 1. The minimum absolute atomic E-state index is 0.0405. The van der Waals surface area contributed by atoms with Gasteiger partial charge in [-0.05, 0) is 23.6 Å². The number of aromatic nitrogens is 1.